The molecule has 1 aromatic carbocycles. The Hall–Kier alpha value is -2.78. The Kier molecular flexibility index (Phi) is 5.12. The van der Waals surface area contributed by atoms with Crippen LogP contribution in [0.4, 0.5) is 0 Å². The minimum atomic E-state index is 0.225. The number of piperidine rings is 3. The van der Waals surface area contributed by atoms with Crippen LogP contribution in [0.2, 0.25) is 0 Å². The quantitative estimate of drug-likeness (QED) is 0.776. The molecular formula is C21H23N3O3. The molecule has 0 radical (unpaired) electrons. The van der Waals surface area contributed by atoms with Crippen LogP contribution in [0.25, 0.3) is 0 Å². The number of benzene rings is 1. The summed E-state index contributed by atoms with van der Waals surface area (Å²) in [5.74, 6) is 8.71. The first-order valence-electron chi connectivity index (χ1n) is 9.21. The van der Waals surface area contributed by atoms with Crippen molar-refractivity contribution < 1.29 is 14.2 Å². The lowest BCUT2D eigenvalue weighted by Crippen LogP contribution is -2.52. The van der Waals surface area contributed by atoms with Gasteiger partial charge in [0.1, 0.15) is 23.3 Å². The zero-order valence-electron chi connectivity index (χ0n) is 15.6. The van der Waals surface area contributed by atoms with E-state index < -0.39 is 0 Å². The van der Waals surface area contributed by atoms with Gasteiger partial charge in [-0.3, -0.25) is 4.90 Å². The van der Waals surface area contributed by atoms with E-state index in [4.69, 9.17) is 14.2 Å². The maximum atomic E-state index is 6.07. The highest BCUT2D eigenvalue weighted by Crippen LogP contribution is 2.30. The lowest BCUT2D eigenvalue weighted by molar-refractivity contribution is -0.0104. The molecule has 5 rings (SSSR count). The molecule has 3 saturated heterocycles. The fourth-order valence-electron chi connectivity index (χ4n) is 3.66. The first kappa shape index (κ1) is 17.6. The smallest absolute Gasteiger partial charge is 0.233 e. The number of nitrogens with zero attached hydrogens (tertiary/aromatic N) is 3. The summed E-state index contributed by atoms with van der Waals surface area (Å²) >= 11 is 0. The molecule has 4 heterocycles. The van der Waals surface area contributed by atoms with E-state index in [1.54, 1.807) is 14.2 Å². The molecule has 2 bridgehead atoms. The number of ether oxygens (including phenoxy) is 3. The molecule has 1 aromatic heterocycles. The summed E-state index contributed by atoms with van der Waals surface area (Å²) < 4.78 is 16.6. The van der Waals surface area contributed by atoms with Crippen LogP contribution in [0.1, 0.15) is 24.1 Å². The maximum Gasteiger partial charge on any atom is 0.233 e. The van der Waals surface area contributed by atoms with Crippen LogP contribution in [0.15, 0.2) is 30.3 Å². The Morgan fingerprint density at radius 2 is 1.70 bits per heavy atom. The summed E-state index contributed by atoms with van der Waals surface area (Å²) in [6.45, 7) is 3.38. The van der Waals surface area contributed by atoms with Crippen molar-refractivity contribution in [2.75, 3.05) is 33.9 Å². The third-order valence-electron chi connectivity index (χ3n) is 5.19. The van der Waals surface area contributed by atoms with Crippen molar-refractivity contribution in [2.24, 2.45) is 5.92 Å². The minimum absolute atomic E-state index is 0.225. The standard InChI is InChI=1S/C21H23N3O3/c1-25-18-11-15(12-19(13-18)26-2)3-4-17-5-6-21(23-22-17)27-20-14-24-9-7-16(20)8-10-24/h5-6,11-13,16,20H,7-10,14H2,1-2H3. The van der Waals surface area contributed by atoms with Crippen molar-refractivity contribution in [3.63, 3.8) is 0 Å². The summed E-state index contributed by atoms with van der Waals surface area (Å²) in [5, 5.41) is 8.38. The average molecular weight is 365 g/mol. The van der Waals surface area contributed by atoms with Gasteiger partial charge in [0.25, 0.3) is 0 Å². The van der Waals surface area contributed by atoms with Crippen LogP contribution in [0, 0.1) is 17.8 Å². The lowest BCUT2D eigenvalue weighted by Gasteiger charge is -2.44. The number of fused-ring (bicyclic) bond motifs is 3. The largest absolute Gasteiger partial charge is 0.497 e. The highest BCUT2D eigenvalue weighted by Gasteiger charge is 2.35. The Labute approximate surface area is 159 Å². The monoisotopic (exact) mass is 365 g/mol. The second-order valence-electron chi connectivity index (χ2n) is 6.90. The van der Waals surface area contributed by atoms with E-state index in [-0.39, 0.29) is 6.10 Å². The zero-order chi connectivity index (χ0) is 18.6. The second-order valence-corrected chi connectivity index (χ2v) is 6.90. The summed E-state index contributed by atoms with van der Waals surface area (Å²) in [4.78, 5) is 2.46. The number of rotatable bonds is 4. The van der Waals surface area contributed by atoms with Gasteiger partial charge in [0.2, 0.25) is 5.88 Å². The molecule has 3 aliphatic heterocycles. The summed E-state index contributed by atoms with van der Waals surface area (Å²) in [7, 11) is 3.23. The van der Waals surface area contributed by atoms with Gasteiger partial charge >= 0.3 is 0 Å². The van der Waals surface area contributed by atoms with Crippen LogP contribution < -0.4 is 14.2 Å². The van der Waals surface area contributed by atoms with Gasteiger partial charge in [-0.2, -0.15) is 0 Å². The Balaban J connectivity index is 1.44. The molecule has 6 nitrogen and oxygen atoms in total. The average Bonchev–Trinajstić information content (AvgIpc) is 2.74. The van der Waals surface area contributed by atoms with Gasteiger partial charge in [0.15, 0.2) is 0 Å². The van der Waals surface area contributed by atoms with Crippen LogP contribution in [-0.2, 0) is 0 Å². The van der Waals surface area contributed by atoms with E-state index in [2.05, 4.69) is 26.9 Å². The number of methoxy groups -OCH3 is 2. The normalized spacial score (nSPS) is 23.3. The molecule has 0 spiro atoms. The van der Waals surface area contributed by atoms with Crippen molar-refractivity contribution >= 4 is 0 Å². The van der Waals surface area contributed by atoms with Crippen LogP contribution in [-0.4, -0.2) is 55.1 Å². The Bertz CT molecular complexity index is 827. The number of hydrogen-bond acceptors (Lipinski definition) is 6. The molecule has 3 aliphatic rings. The van der Waals surface area contributed by atoms with Gasteiger partial charge in [-0.1, -0.05) is 5.92 Å². The van der Waals surface area contributed by atoms with Gasteiger partial charge in [0.05, 0.1) is 14.2 Å². The molecule has 6 heteroatoms. The third-order valence-corrected chi connectivity index (χ3v) is 5.19. The summed E-state index contributed by atoms with van der Waals surface area (Å²) in [5.41, 5.74) is 1.39. The lowest BCUT2D eigenvalue weighted by atomic mass is 9.86. The molecule has 2 aromatic rings. The highest BCUT2D eigenvalue weighted by atomic mass is 16.5. The fraction of sp³-hybridized carbons (Fsp3) is 0.429. The van der Waals surface area contributed by atoms with Crippen molar-refractivity contribution in [1.29, 1.82) is 0 Å². The number of hydrogen-bond donors (Lipinski definition) is 0. The molecule has 0 saturated carbocycles. The molecule has 3 fully saturated rings. The van der Waals surface area contributed by atoms with Gasteiger partial charge in [0, 0.05) is 24.2 Å². The molecule has 0 N–H and O–H groups in total. The van der Waals surface area contributed by atoms with Crippen molar-refractivity contribution in [1.82, 2.24) is 15.1 Å². The molecule has 140 valence electrons. The van der Waals surface area contributed by atoms with Gasteiger partial charge in [-0.15, -0.1) is 10.2 Å². The molecule has 0 aliphatic carbocycles. The van der Waals surface area contributed by atoms with E-state index in [1.807, 2.05) is 30.3 Å². The van der Waals surface area contributed by atoms with Crippen molar-refractivity contribution in [2.45, 2.75) is 18.9 Å². The van der Waals surface area contributed by atoms with Crippen molar-refractivity contribution in [3.8, 4) is 29.2 Å². The fourth-order valence-corrected chi connectivity index (χ4v) is 3.66. The predicted molar refractivity (Wildman–Crippen MR) is 101 cm³/mol. The van der Waals surface area contributed by atoms with Crippen LogP contribution >= 0.6 is 0 Å². The summed E-state index contributed by atoms with van der Waals surface area (Å²) in [6, 6.07) is 9.21. The Morgan fingerprint density at radius 3 is 2.26 bits per heavy atom. The van der Waals surface area contributed by atoms with E-state index in [1.165, 1.54) is 25.9 Å². The SMILES string of the molecule is COc1cc(C#Cc2ccc(OC3CN4CCC3CC4)nn2)cc(OC)c1. The molecular weight excluding hydrogens is 342 g/mol. The topological polar surface area (TPSA) is 56.7 Å². The first-order valence-corrected chi connectivity index (χ1v) is 9.21. The first-order chi connectivity index (χ1) is 13.2. The van der Waals surface area contributed by atoms with Gasteiger partial charge < -0.3 is 14.2 Å². The minimum Gasteiger partial charge on any atom is -0.497 e. The van der Waals surface area contributed by atoms with E-state index in [0.717, 1.165) is 12.1 Å². The molecule has 1 atom stereocenters. The Morgan fingerprint density at radius 1 is 0.963 bits per heavy atom. The highest BCUT2D eigenvalue weighted by molar-refractivity contribution is 5.48. The summed E-state index contributed by atoms with van der Waals surface area (Å²) in [6.07, 6.45) is 2.65. The van der Waals surface area contributed by atoms with Gasteiger partial charge in [-0.25, -0.2) is 0 Å². The molecule has 0 amide bonds. The maximum absolute atomic E-state index is 6.07. The van der Waals surface area contributed by atoms with E-state index in [9.17, 15) is 0 Å². The van der Waals surface area contributed by atoms with Crippen molar-refractivity contribution in [3.05, 3.63) is 41.6 Å². The van der Waals surface area contributed by atoms with Crippen LogP contribution in [0.5, 0.6) is 17.4 Å². The van der Waals surface area contributed by atoms with E-state index >= 15 is 0 Å². The molecule has 1 unspecified atom stereocenters. The second kappa shape index (κ2) is 7.85. The number of aromatic nitrogens is 2. The van der Waals surface area contributed by atoms with E-state index in [0.29, 0.717) is 29.0 Å². The van der Waals surface area contributed by atoms with Crippen LogP contribution in [0.3, 0.4) is 0 Å². The van der Waals surface area contributed by atoms with Gasteiger partial charge in [-0.05, 0) is 56.0 Å². The predicted octanol–water partition coefficient (Wildman–Crippen LogP) is 2.37. The molecule has 27 heavy (non-hydrogen) atoms. The third kappa shape index (κ3) is 4.15. The zero-order valence-corrected chi connectivity index (χ0v) is 15.6.